The standard InChI is InChI=1S/C21H17FN4O/c1-13-10-15(5-7-23-13)19-20(26-8-3-6-24-21(26)25-19)16-11-14-4-2-9-27-18(14)12-17(16)22/h3,5-8,10-12H,2,4,9H2,1H3. The lowest BCUT2D eigenvalue weighted by atomic mass is 9.98. The molecule has 1 aromatic carbocycles. The van der Waals surface area contributed by atoms with Crippen molar-refractivity contribution in [1.82, 2.24) is 19.4 Å². The van der Waals surface area contributed by atoms with Crippen molar-refractivity contribution in [3.05, 3.63) is 66.0 Å². The van der Waals surface area contributed by atoms with E-state index in [1.807, 2.05) is 41.8 Å². The molecule has 1 aliphatic heterocycles. The average Bonchev–Trinajstić information content (AvgIpc) is 3.07. The Kier molecular flexibility index (Phi) is 3.63. The van der Waals surface area contributed by atoms with Gasteiger partial charge in [-0.2, -0.15) is 0 Å². The molecule has 0 fully saturated rings. The van der Waals surface area contributed by atoms with Gasteiger partial charge in [0.25, 0.3) is 0 Å². The Labute approximate surface area is 155 Å². The number of hydrogen-bond donors (Lipinski definition) is 0. The fourth-order valence-electron chi connectivity index (χ4n) is 3.59. The molecule has 3 aromatic heterocycles. The molecule has 0 spiro atoms. The van der Waals surface area contributed by atoms with Gasteiger partial charge < -0.3 is 4.74 Å². The number of hydrogen-bond acceptors (Lipinski definition) is 4. The molecule has 0 aliphatic carbocycles. The van der Waals surface area contributed by atoms with Crippen LogP contribution in [0.15, 0.2) is 48.9 Å². The van der Waals surface area contributed by atoms with E-state index in [1.54, 1.807) is 12.4 Å². The van der Waals surface area contributed by atoms with E-state index < -0.39 is 0 Å². The van der Waals surface area contributed by atoms with Gasteiger partial charge >= 0.3 is 0 Å². The minimum atomic E-state index is -0.326. The van der Waals surface area contributed by atoms with E-state index >= 15 is 4.39 Å². The van der Waals surface area contributed by atoms with Crippen LogP contribution in [0.3, 0.4) is 0 Å². The van der Waals surface area contributed by atoms with Crippen molar-refractivity contribution in [2.75, 3.05) is 6.61 Å². The summed E-state index contributed by atoms with van der Waals surface area (Å²) in [7, 11) is 0. The van der Waals surface area contributed by atoms with Gasteiger partial charge in [-0.3, -0.25) is 9.38 Å². The number of fused-ring (bicyclic) bond motifs is 2. The zero-order valence-electron chi connectivity index (χ0n) is 14.8. The van der Waals surface area contributed by atoms with Crippen molar-refractivity contribution in [1.29, 1.82) is 0 Å². The Balaban J connectivity index is 1.81. The number of pyridine rings is 1. The summed E-state index contributed by atoms with van der Waals surface area (Å²) in [6.07, 6.45) is 7.09. The fraction of sp³-hybridized carbons (Fsp3) is 0.190. The maximum Gasteiger partial charge on any atom is 0.234 e. The molecule has 0 amide bonds. The molecule has 0 bridgehead atoms. The van der Waals surface area contributed by atoms with Crippen LogP contribution in [-0.2, 0) is 6.42 Å². The molecular formula is C21H17FN4O. The van der Waals surface area contributed by atoms with E-state index in [0.29, 0.717) is 35.1 Å². The van der Waals surface area contributed by atoms with Crippen molar-refractivity contribution >= 4 is 5.78 Å². The summed E-state index contributed by atoms with van der Waals surface area (Å²) >= 11 is 0. The van der Waals surface area contributed by atoms with E-state index in [1.165, 1.54) is 6.07 Å². The summed E-state index contributed by atoms with van der Waals surface area (Å²) in [5.74, 6) is 0.842. The highest BCUT2D eigenvalue weighted by Crippen LogP contribution is 2.37. The summed E-state index contributed by atoms with van der Waals surface area (Å²) in [4.78, 5) is 13.3. The summed E-state index contributed by atoms with van der Waals surface area (Å²) in [6, 6.07) is 9.03. The van der Waals surface area contributed by atoms with Crippen LogP contribution in [-0.4, -0.2) is 26.0 Å². The third-order valence-electron chi connectivity index (χ3n) is 4.83. The smallest absolute Gasteiger partial charge is 0.234 e. The van der Waals surface area contributed by atoms with Crippen molar-refractivity contribution in [2.45, 2.75) is 19.8 Å². The van der Waals surface area contributed by atoms with Gasteiger partial charge in [0.15, 0.2) is 0 Å². The third kappa shape index (κ3) is 2.65. The molecule has 0 saturated carbocycles. The maximum atomic E-state index is 15.1. The van der Waals surface area contributed by atoms with Gasteiger partial charge in [-0.05, 0) is 49.6 Å². The molecule has 4 heterocycles. The second-order valence-corrected chi connectivity index (χ2v) is 6.68. The van der Waals surface area contributed by atoms with Gasteiger partial charge in [-0.15, -0.1) is 0 Å². The predicted molar refractivity (Wildman–Crippen MR) is 100 cm³/mol. The SMILES string of the molecule is Cc1cc(-c2nc3ncccn3c2-c2cc3c(cc2F)OCCC3)ccn1. The number of halogens is 1. The Bertz CT molecular complexity index is 1170. The molecule has 0 atom stereocenters. The largest absolute Gasteiger partial charge is 0.493 e. The van der Waals surface area contributed by atoms with Crippen molar-refractivity contribution in [3.63, 3.8) is 0 Å². The van der Waals surface area contributed by atoms with Crippen LogP contribution in [0.1, 0.15) is 17.7 Å². The summed E-state index contributed by atoms with van der Waals surface area (Å²) < 4.78 is 22.5. The molecule has 1 aliphatic rings. The molecule has 4 aromatic rings. The first kappa shape index (κ1) is 15.9. The predicted octanol–water partition coefficient (Wildman–Crippen LogP) is 4.23. The van der Waals surface area contributed by atoms with Gasteiger partial charge in [0.05, 0.1) is 18.0 Å². The topological polar surface area (TPSA) is 52.3 Å². The number of imidazole rings is 1. The lowest BCUT2D eigenvalue weighted by Crippen LogP contribution is -2.09. The Hall–Kier alpha value is -3.28. The van der Waals surface area contributed by atoms with Crippen molar-refractivity contribution in [2.24, 2.45) is 0 Å². The quantitative estimate of drug-likeness (QED) is 0.537. The molecule has 0 unspecified atom stereocenters. The molecule has 0 saturated heterocycles. The Morgan fingerprint density at radius 1 is 1.15 bits per heavy atom. The molecule has 0 N–H and O–H groups in total. The molecular weight excluding hydrogens is 343 g/mol. The third-order valence-corrected chi connectivity index (χ3v) is 4.83. The highest BCUT2D eigenvalue weighted by atomic mass is 19.1. The molecule has 27 heavy (non-hydrogen) atoms. The zero-order chi connectivity index (χ0) is 18.4. The van der Waals surface area contributed by atoms with Crippen LogP contribution in [0.2, 0.25) is 0 Å². The molecule has 5 nitrogen and oxygen atoms in total. The van der Waals surface area contributed by atoms with Gasteiger partial charge in [-0.25, -0.2) is 14.4 Å². The summed E-state index contributed by atoms with van der Waals surface area (Å²) in [5, 5.41) is 0. The maximum absolute atomic E-state index is 15.1. The minimum absolute atomic E-state index is 0.326. The van der Waals surface area contributed by atoms with Gasteiger partial charge in [0, 0.05) is 41.5 Å². The van der Waals surface area contributed by atoms with Gasteiger partial charge in [0.2, 0.25) is 5.78 Å². The number of aromatic nitrogens is 4. The van der Waals surface area contributed by atoms with E-state index in [-0.39, 0.29) is 5.82 Å². The molecule has 0 radical (unpaired) electrons. The van der Waals surface area contributed by atoms with E-state index in [2.05, 4.69) is 15.0 Å². The zero-order valence-corrected chi connectivity index (χ0v) is 14.8. The van der Waals surface area contributed by atoms with Crippen LogP contribution < -0.4 is 4.74 Å². The van der Waals surface area contributed by atoms with Crippen LogP contribution in [0.5, 0.6) is 5.75 Å². The number of nitrogens with zero attached hydrogens (tertiary/aromatic N) is 4. The van der Waals surface area contributed by atoms with E-state index in [4.69, 9.17) is 4.74 Å². The Morgan fingerprint density at radius 2 is 2.07 bits per heavy atom. The first-order valence-corrected chi connectivity index (χ1v) is 8.92. The Morgan fingerprint density at radius 3 is 2.96 bits per heavy atom. The van der Waals surface area contributed by atoms with Crippen LogP contribution in [0, 0.1) is 12.7 Å². The number of aryl methyl sites for hydroxylation is 2. The van der Waals surface area contributed by atoms with Crippen LogP contribution in [0.4, 0.5) is 4.39 Å². The normalized spacial score (nSPS) is 13.4. The van der Waals surface area contributed by atoms with Crippen LogP contribution >= 0.6 is 0 Å². The first-order chi connectivity index (χ1) is 13.2. The molecule has 6 heteroatoms. The second kappa shape index (κ2) is 6.16. The minimum Gasteiger partial charge on any atom is -0.493 e. The first-order valence-electron chi connectivity index (χ1n) is 8.92. The number of benzene rings is 1. The van der Waals surface area contributed by atoms with Crippen molar-refractivity contribution < 1.29 is 9.13 Å². The lowest BCUT2D eigenvalue weighted by molar-refractivity contribution is 0.287. The van der Waals surface area contributed by atoms with E-state index in [9.17, 15) is 0 Å². The van der Waals surface area contributed by atoms with Gasteiger partial charge in [-0.1, -0.05) is 0 Å². The lowest BCUT2D eigenvalue weighted by Gasteiger charge is -2.19. The van der Waals surface area contributed by atoms with Crippen molar-refractivity contribution in [3.8, 4) is 28.3 Å². The summed E-state index contributed by atoms with van der Waals surface area (Å²) in [6.45, 7) is 2.56. The highest BCUT2D eigenvalue weighted by Gasteiger charge is 2.22. The second-order valence-electron chi connectivity index (χ2n) is 6.68. The average molecular weight is 360 g/mol. The molecule has 134 valence electrons. The van der Waals surface area contributed by atoms with Gasteiger partial charge in [0.1, 0.15) is 11.6 Å². The van der Waals surface area contributed by atoms with E-state index in [0.717, 1.165) is 29.7 Å². The monoisotopic (exact) mass is 360 g/mol. The van der Waals surface area contributed by atoms with Crippen LogP contribution in [0.25, 0.3) is 28.3 Å². The fourth-order valence-corrected chi connectivity index (χ4v) is 3.59. The highest BCUT2D eigenvalue weighted by molar-refractivity contribution is 5.82. The molecule has 5 rings (SSSR count). The number of rotatable bonds is 2. The summed E-state index contributed by atoms with van der Waals surface area (Å²) in [5.41, 5.74) is 4.67. The number of ether oxygens (including phenoxy) is 1.